The number of hydrogen-bond acceptors (Lipinski definition) is 5. The van der Waals surface area contributed by atoms with Gasteiger partial charge in [-0.25, -0.2) is 22.8 Å². The molecule has 0 spiro atoms. The third kappa shape index (κ3) is 6.77. The molecule has 0 unspecified atom stereocenters. The van der Waals surface area contributed by atoms with E-state index in [9.17, 15) is 4.79 Å². The van der Waals surface area contributed by atoms with E-state index in [0.29, 0.717) is 41.2 Å². The van der Waals surface area contributed by atoms with Crippen molar-refractivity contribution in [2.45, 2.75) is 74.5 Å². The monoisotopic (exact) mass is 676 g/mol. The zero-order chi connectivity index (χ0) is 33.3. The summed E-state index contributed by atoms with van der Waals surface area (Å²) in [5.41, 5.74) is 2.72. The van der Waals surface area contributed by atoms with Crippen molar-refractivity contribution in [3.8, 4) is 11.4 Å². The van der Waals surface area contributed by atoms with Crippen molar-refractivity contribution >= 4 is 40.7 Å². The number of aromatic amines is 1. The summed E-state index contributed by atoms with van der Waals surface area (Å²) in [5.74, 6) is 0.311. The first kappa shape index (κ1) is 33.4. The Morgan fingerprint density at radius 1 is 1.04 bits per heavy atom. The second-order valence-electron chi connectivity index (χ2n) is 13.4. The number of thioether (sulfide) groups is 1. The van der Waals surface area contributed by atoms with Crippen LogP contribution < -0.4 is 0 Å². The molecule has 0 radical (unpaired) electrons. The predicted octanol–water partition coefficient (Wildman–Crippen LogP) is 9.46. The van der Waals surface area contributed by atoms with E-state index in [0.717, 1.165) is 65.5 Å². The van der Waals surface area contributed by atoms with E-state index in [2.05, 4.69) is 37.9 Å². The van der Waals surface area contributed by atoms with Gasteiger partial charge in [-0.1, -0.05) is 56.3 Å². The van der Waals surface area contributed by atoms with Crippen molar-refractivity contribution in [1.29, 1.82) is 0 Å². The smallest absolute Gasteiger partial charge is 0.184 e. The summed E-state index contributed by atoms with van der Waals surface area (Å²) < 4.78 is 48.2. The van der Waals surface area contributed by atoms with Gasteiger partial charge in [0.15, 0.2) is 23.3 Å². The van der Waals surface area contributed by atoms with Crippen LogP contribution in [0, 0.1) is 22.9 Å². The maximum atomic E-state index is 15.7. The van der Waals surface area contributed by atoms with Crippen LogP contribution in [0.25, 0.3) is 22.3 Å². The number of carbonyl (C=O) groups excluding carboxylic acids is 1. The Balaban J connectivity index is 1.48. The predicted molar refractivity (Wildman–Crippen MR) is 185 cm³/mol. The van der Waals surface area contributed by atoms with Gasteiger partial charge in [0, 0.05) is 29.9 Å². The van der Waals surface area contributed by atoms with Gasteiger partial charge >= 0.3 is 0 Å². The van der Waals surface area contributed by atoms with E-state index >= 15 is 13.2 Å². The molecule has 2 aromatic heterocycles. The highest BCUT2D eigenvalue weighted by molar-refractivity contribution is 7.99. The number of fused-ring (bicyclic) bond motifs is 8. The van der Waals surface area contributed by atoms with Gasteiger partial charge in [0.2, 0.25) is 0 Å². The number of nitrogens with zero attached hydrogens (tertiary/aromatic N) is 3. The number of rotatable bonds is 4. The van der Waals surface area contributed by atoms with Crippen LogP contribution in [0.5, 0.6) is 0 Å². The maximum absolute atomic E-state index is 15.7. The summed E-state index contributed by atoms with van der Waals surface area (Å²) >= 11 is 2.93. The summed E-state index contributed by atoms with van der Waals surface area (Å²) in [4.78, 5) is 19.7. The van der Waals surface area contributed by atoms with Crippen LogP contribution in [0.3, 0.4) is 0 Å². The highest BCUT2D eigenvalue weighted by Crippen LogP contribution is 2.42. The molecule has 0 aliphatic carbocycles. The standard InChI is InChI=1S/C37H39F3N4OS2/c1-36(2)15-7-16-37(3,24-10-5-8-23(20-24)9-6-18-45)35-42-34(44(4)43-35)28-21-25(11-12-29(28)38)47-33-27(14-19-46-22-36)26-13-17-41-32(26)30(39)31(33)40/h5,8,10-13,17-18,20-21,41H,6-7,9,14-16,19,22H2,1-4H3/t37-/m1/s1. The van der Waals surface area contributed by atoms with E-state index in [4.69, 9.17) is 10.1 Å². The van der Waals surface area contributed by atoms with Crippen LogP contribution in [0.15, 0.2) is 64.5 Å². The minimum Gasteiger partial charge on any atom is -0.359 e. The van der Waals surface area contributed by atoms with Gasteiger partial charge in [-0.15, -0.1) is 0 Å². The van der Waals surface area contributed by atoms with Crippen LogP contribution in [0.4, 0.5) is 13.2 Å². The molecule has 0 amide bonds. The Kier molecular flexibility index (Phi) is 9.63. The van der Waals surface area contributed by atoms with E-state index in [1.54, 1.807) is 36.1 Å². The summed E-state index contributed by atoms with van der Waals surface area (Å²) in [6, 6.07) is 14.6. The molecule has 1 aliphatic rings. The second kappa shape index (κ2) is 13.5. The largest absolute Gasteiger partial charge is 0.359 e. The molecule has 1 N–H and O–H groups in total. The maximum Gasteiger partial charge on any atom is 0.184 e. The minimum atomic E-state index is -0.915. The Hall–Kier alpha value is -3.50. The second-order valence-corrected chi connectivity index (χ2v) is 15.6. The molecule has 10 heteroatoms. The average molecular weight is 677 g/mol. The van der Waals surface area contributed by atoms with E-state index < -0.39 is 22.9 Å². The Morgan fingerprint density at radius 2 is 1.87 bits per heavy atom. The van der Waals surface area contributed by atoms with Crippen molar-refractivity contribution in [3.05, 3.63) is 94.7 Å². The lowest BCUT2D eigenvalue weighted by molar-refractivity contribution is -0.107. The van der Waals surface area contributed by atoms with Gasteiger partial charge in [-0.2, -0.15) is 16.9 Å². The Morgan fingerprint density at radius 3 is 2.68 bits per heavy atom. The molecule has 246 valence electrons. The molecule has 0 fully saturated rings. The molecular formula is C37H39F3N4OS2. The highest BCUT2D eigenvalue weighted by atomic mass is 32.2. The summed E-state index contributed by atoms with van der Waals surface area (Å²) in [5, 5.41) is 5.53. The molecule has 4 bridgehead atoms. The van der Waals surface area contributed by atoms with Crippen LogP contribution in [-0.4, -0.2) is 37.5 Å². The molecule has 5 nitrogen and oxygen atoms in total. The molecule has 0 saturated carbocycles. The van der Waals surface area contributed by atoms with Gasteiger partial charge in [0.1, 0.15) is 12.1 Å². The zero-order valence-electron chi connectivity index (χ0n) is 27.1. The van der Waals surface area contributed by atoms with Crippen molar-refractivity contribution in [2.75, 3.05) is 11.5 Å². The number of H-pyrrole nitrogens is 1. The fourth-order valence-corrected chi connectivity index (χ4v) is 8.78. The van der Waals surface area contributed by atoms with E-state index in [1.807, 2.05) is 23.9 Å². The normalized spacial score (nSPS) is 18.8. The quantitative estimate of drug-likeness (QED) is 0.192. The van der Waals surface area contributed by atoms with Gasteiger partial charge in [0.25, 0.3) is 0 Å². The molecule has 1 atom stereocenters. The number of carbonyl (C=O) groups is 1. The minimum absolute atomic E-state index is 0.0289. The SMILES string of the molecule is Cn1nc2nc1-c1cc(ccc1F)Sc1c(F)c(F)c3[nH]ccc3c1CCSCC(C)(C)CCC[C@]2(C)c1cccc(CCC=O)c1. The van der Waals surface area contributed by atoms with Crippen LogP contribution >= 0.6 is 23.5 Å². The molecule has 5 aromatic rings. The van der Waals surface area contributed by atoms with Crippen molar-refractivity contribution in [1.82, 2.24) is 19.7 Å². The Bertz CT molecular complexity index is 1930. The van der Waals surface area contributed by atoms with Crippen LogP contribution in [-0.2, 0) is 30.1 Å². The van der Waals surface area contributed by atoms with Crippen LogP contribution in [0.2, 0.25) is 0 Å². The van der Waals surface area contributed by atoms with Crippen molar-refractivity contribution in [2.24, 2.45) is 12.5 Å². The topological polar surface area (TPSA) is 63.6 Å². The van der Waals surface area contributed by atoms with E-state index in [-0.39, 0.29) is 21.4 Å². The number of aromatic nitrogens is 4. The van der Waals surface area contributed by atoms with Gasteiger partial charge < -0.3 is 9.78 Å². The third-order valence-electron chi connectivity index (χ3n) is 9.25. The number of aldehydes is 1. The number of benzene rings is 3. The van der Waals surface area contributed by atoms with Gasteiger partial charge in [-0.3, -0.25) is 0 Å². The number of aryl methyl sites for hydroxylation is 3. The number of hydrogen-bond donors (Lipinski definition) is 1. The first-order valence-electron chi connectivity index (χ1n) is 16.0. The average Bonchev–Trinajstić information content (AvgIpc) is 3.70. The third-order valence-corrected chi connectivity index (χ3v) is 11.8. The van der Waals surface area contributed by atoms with E-state index in [1.165, 1.54) is 6.07 Å². The Labute approximate surface area is 282 Å². The molecule has 3 heterocycles. The number of halogens is 3. The zero-order valence-corrected chi connectivity index (χ0v) is 28.8. The summed E-state index contributed by atoms with van der Waals surface area (Å²) in [6.45, 7) is 6.68. The first-order valence-corrected chi connectivity index (χ1v) is 17.9. The molecular weight excluding hydrogens is 638 g/mol. The van der Waals surface area contributed by atoms with Crippen molar-refractivity contribution in [3.63, 3.8) is 0 Å². The fraction of sp³-hybridized carbons (Fsp3) is 0.378. The molecule has 0 saturated heterocycles. The molecule has 1 aliphatic heterocycles. The molecule has 6 rings (SSSR count). The highest BCUT2D eigenvalue weighted by Gasteiger charge is 2.35. The van der Waals surface area contributed by atoms with Gasteiger partial charge in [-0.05, 0) is 90.5 Å². The van der Waals surface area contributed by atoms with Gasteiger partial charge in [0.05, 0.1) is 21.4 Å². The molecule has 3 aromatic carbocycles. The molecule has 47 heavy (non-hydrogen) atoms. The lowest BCUT2D eigenvalue weighted by Gasteiger charge is -2.30. The lowest BCUT2D eigenvalue weighted by Crippen LogP contribution is -2.27. The first-order chi connectivity index (χ1) is 22.5. The summed E-state index contributed by atoms with van der Waals surface area (Å²) in [6.07, 6.45) is 6.89. The fourth-order valence-electron chi connectivity index (χ4n) is 6.53. The van der Waals surface area contributed by atoms with Crippen molar-refractivity contribution < 1.29 is 18.0 Å². The number of nitrogens with one attached hydrogen (secondary N) is 1. The summed E-state index contributed by atoms with van der Waals surface area (Å²) in [7, 11) is 1.75. The lowest BCUT2D eigenvalue weighted by atomic mass is 9.75. The van der Waals surface area contributed by atoms with Crippen LogP contribution in [0.1, 0.15) is 69.0 Å².